The molecule has 102 valence electrons. The SMILES string of the molecule is CS(=O)(=O)c1cc(OC(=O)Nc2nccs2)sc1Cl. The summed E-state index contributed by atoms with van der Waals surface area (Å²) >= 11 is 7.87. The van der Waals surface area contributed by atoms with Crippen LogP contribution >= 0.6 is 34.3 Å². The van der Waals surface area contributed by atoms with E-state index in [0.717, 1.165) is 17.6 Å². The van der Waals surface area contributed by atoms with Crippen molar-refractivity contribution in [2.75, 3.05) is 11.6 Å². The highest BCUT2D eigenvalue weighted by atomic mass is 35.5. The molecule has 10 heteroatoms. The lowest BCUT2D eigenvalue weighted by Crippen LogP contribution is -2.15. The highest BCUT2D eigenvalue weighted by Crippen LogP contribution is 2.36. The highest BCUT2D eigenvalue weighted by molar-refractivity contribution is 7.91. The summed E-state index contributed by atoms with van der Waals surface area (Å²) in [6.07, 6.45) is 1.80. The Morgan fingerprint density at radius 3 is 2.79 bits per heavy atom. The maximum atomic E-state index is 11.5. The molecule has 6 nitrogen and oxygen atoms in total. The van der Waals surface area contributed by atoms with Crippen LogP contribution in [0.25, 0.3) is 0 Å². The average molecular weight is 339 g/mol. The molecule has 0 fully saturated rings. The van der Waals surface area contributed by atoms with Crippen molar-refractivity contribution in [3.05, 3.63) is 22.0 Å². The Morgan fingerprint density at radius 1 is 1.53 bits per heavy atom. The van der Waals surface area contributed by atoms with Crippen LogP contribution in [0.3, 0.4) is 0 Å². The number of hydrogen-bond donors (Lipinski definition) is 1. The first-order valence-corrected chi connectivity index (χ1v) is 8.70. The van der Waals surface area contributed by atoms with Gasteiger partial charge >= 0.3 is 6.09 Å². The minimum atomic E-state index is -3.44. The highest BCUT2D eigenvalue weighted by Gasteiger charge is 2.19. The van der Waals surface area contributed by atoms with Gasteiger partial charge in [0.15, 0.2) is 20.0 Å². The van der Waals surface area contributed by atoms with Gasteiger partial charge in [-0.25, -0.2) is 18.2 Å². The quantitative estimate of drug-likeness (QED) is 0.930. The number of aromatic nitrogens is 1. The maximum absolute atomic E-state index is 11.5. The van der Waals surface area contributed by atoms with E-state index in [2.05, 4.69) is 10.3 Å². The number of thiophene rings is 1. The van der Waals surface area contributed by atoms with Crippen molar-refractivity contribution in [2.45, 2.75) is 4.90 Å². The molecule has 1 N–H and O–H groups in total. The summed E-state index contributed by atoms with van der Waals surface area (Å²) < 4.78 is 27.7. The molecule has 0 atom stereocenters. The summed E-state index contributed by atoms with van der Waals surface area (Å²) in [4.78, 5) is 15.3. The van der Waals surface area contributed by atoms with Crippen molar-refractivity contribution < 1.29 is 17.9 Å². The molecule has 0 aliphatic rings. The molecule has 0 unspecified atom stereocenters. The Kier molecular flexibility index (Phi) is 4.09. The van der Waals surface area contributed by atoms with Gasteiger partial charge in [-0.3, -0.25) is 5.32 Å². The Morgan fingerprint density at radius 2 is 2.26 bits per heavy atom. The van der Waals surface area contributed by atoms with Gasteiger partial charge in [0.05, 0.1) is 4.90 Å². The molecule has 0 saturated heterocycles. The topological polar surface area (TPSA) is 85.4 Å². The van der Waals surface area contributed by atoms with Gasteiger partial charge in [-0.05, 0) is 0 Å². The Hall–Kier alpha value is -1.16. The Labute approximate surface area is 121 Å². The van der Waals surface area contributed by atoms with Gasteiger partial charge in [0, 0.05) is 23.9 Å². The van der Waals surface area contributed by atoms with Gasteiger partial charge in [-0.15, -0.1) is 11.3 Å². The molecule has 2 aromatic rings. The molecule has 0 saturated carbocycles. The number of rotatable bonds is 3. The molecule has 1 amide bonds. The molecule has 0 radical (unpaired) electrons. The molecule has 2 aromatic heterocycles. The summed E-state index contributed by atoms with van der Waals surface area (Å²) in [6.45, 7) is 0. The minimum Gasteiger partial charge on any atom is -0.399 e. The van der Waals surface area contributed by atoms with Crippen LogP contribution in [0.2, 0.25) is 4.34 Å². The van der Waals surface area contributed by atoms with Crippen LogP contribution in [-0.4, -0.2) is 25.8 Å². The normalized spacial score (nSPS) is 11.3. The van der Waals surface area contributed by atoms with Crippen LogP contribution in [0.4, 0.5) is 9.93 Å². The molecule has 0 aromatic carbocycles. The predicted octanol–water partition coefficient (Wildman–Crippen LogP) is 2.87. The monoisotopic (exact) mass is 338 g/mol. The number of thiazole rings is 1. The zero-order valence-corrected chi connectivity index (χ0v) is 12.6. The van der Waals surface area contributed by atoms with E-state index >= 15 is 0 Å². The van der Waals surface area contributed by atoms with Crippen molar-refractivity contribution in [1.29, 1.82) is 0 Å². The van der Waals surface area contributed by atoms with Gasteiger partial charge in [0.1, 0.15) is 4.34 Å². The second-order valence-corrected chi connectivity index (χ2v) is 7.82. The summed E-state index contributed by atoms with van der Waals surface area (Å²) in [5.74, 6) is 0. The van der Waals surface area contributed by atoms with Crippen LogP contribution < -0.4 is 10.1 Å². The third-order valence-electron chi connectivity index (χ3n) is 1.87. The van der Waals surface area contributed by atoms with Crippen LogP contribution in [0.5, 0.6) is 5.06 Å². The summed E-state index contributed by atoms with van der Waals surface area (Å²) in [7, 11) is -3.44. The van der Waals surface area contributed by atoms with Crippen LogP contribution in [-0.2, 0) is 9.84 Å². The molecule has 2 heterocycles. The maximum Gasteiger partial charge on any atom is 0.419 e. The van der Waals surface area contributed by atoms with E-state index in [-0.39, 0.29) is 14.3 Å². The van der Waals surface area contributed by atoms with E-state index in [1.165, 1.54) is 23.6 Å². The first-order chi connectivity index (χ1) is 8.86. The van der Waals surface area contributed by atoms with Crippen molar-refractivity contribution >= 4 is 55.3 Å². The number of hydrogen-bond acceptors (Lipinski definition) is 7. The first kappa shape index (κ1) is 14.3. The number of halogens is 1. The molecule has 0 spiro atoms. The smallest absolute Gasteiger partial charge is 0.399 e. The number of sulfone groups is 1. The van der Waals surface area contributed by atoms with E-state index in [9.17, 15) is 13.2 Å². The van der Waals surface area contributed by atoms with E-state index < -0.39 is 15.9 Å². The summed E-state index contributed by atoms with van der Waals surface area (Å²) in [5.41, 5.74) is 0. The number of nitrogens with one attached hydrogen (secondary N) is 1. The van der Waals surface area contributed by atoms with E-state index in [0.29, 0.717) is 5.13 Å². The number of amides is 1. The van der Waals surface area contributed by atoms with E-state index in [4.69, 9.17) is 16.3 Å². The number of carbonyl (C=O) groups is 1. The van der Waals surface area contributed by atoms with Crippen LogP contribution in [0.1, 0.15) is 0 Å². The fourth-order valence-corrected chi connectivity index (χ4v) is 4.24. The second kappa shape index (κ2) is 5.45. The number of ether oxygens (including phenoxy) is 1. The predicted molar refractivity (Wildman–Crippen MR) is 74.2 cm³/mol. The molecular formula is C9H7ClN2O4S3. The molecule has 19 heavy (non-hydrogen) atoms. The largest absolute Gasteiger partial charge is 0.419 e. The lowest BCUT2D eigenvalue weighted by molar-refractivity contribution is 0.216. The number of carbonyl (C=O) groups excluding carboxylic acids is 1. The zero-order valence-electron chi connectivity index (χ0n) is 9.41. The number of nitrogens with zero attached hydrogens (tertiary/aromatic N) is 1. The van der Waals surface area contributed by atoms with Crippen molar-refractivity contribution in [2.24, 2.45) is 0 Å². The van der Waals surface area contributed by atoms with Gasteiger partial charge in [-0.1, -0.05) is 22.9 Å². The van der Waals surface area contributed by atoms with E-state index in [1.807, 2.05) is 0 Å². The fraction of sp³-hybridized carbons (Fsp3) is 0.111. The standard InChI is InChI=1S/C9H7ClN2O4S3/c1-19(14,15)5-4-6(18-7(5)10)16-9(13)12-8-11-2-3-17-8/h2-4H,1H3,(H,11,12,13). The fourth-order valence-electron chi connectivity index (χ4n) is 1.12. The third-order valence-corrected chi connectivity index (χ3v) is 5.15. The van der Waals surface area contributed by atoms with Crippen LogP contribution in [0, 0.1) is 0 Å². The Balaban J connectivity index is 2.10. The van der Waals surface area contributed by atoms with Gasteiger partial charge < -0.3 is 4.74 Å². The van der Waals surface area contributed by atoms with Crippen molar-refractivity contribution in [3.63, 3.8) is 0 Å². The number of anilines is 1. The minimum absolute atomic E-state index is 0.0551. The second-order valence-electron chi connectivity index (χ2n) is 3.33. The first-order valence-electron chi connectivity index (χ1n) is 4.74. The van der Waals surface area contributed by atoms with Gasteiger partial charge in [0.25, 0.3) is 0 Å². The third kappa shape index (κ3) is 3.66. The Bertz CT molecular complexity index is 693. The molecule has 2 rings (SSSR count). The van der Waals surface area contributed by atoms with Crippen molar-refractivity contribution in [1.82, 2.24) is 4.98 Å². The summed E-state index contributed by atoms with van der Waals surface area (Å²) in [5, 5.41) is 4.57. The lowest BCUT2D eigenvalue weighted by atomic mass is 10.6. The molecule has 0 aliphatic carbocycles. The van der Waals surface area contributed by atoms with E-state index in [1.54, 1.807) is 5.38 Å². The van der Waals surface area contributed by atoms with Crippen LogP contribution in [0.15, 0.2) is 22.5 Å². The lowest BCUT2D eigenvalue weighted by Gasteiger charge is -2.00. The molecule has 0 bridgehead atoms. The zero-order chi connectivity index (χ0) is 14.0. The molecule has 0 aliphatic heterocycles. The average Bonchev–Trinajstić information content (AvgIpc) is 2.87. The van der Waals surface area contributed by atoms with Crippen molar-refractivity contribution in [3.8, 4) is 5.06 Å². The molecular weight excluding hydrogens is 332 g/mol. The van der Waals surface area contributed by atoms with Gasteiger partial charge in [-0.2, -0.15) is 0 Å². The summed E-state index contributed by atoms with van der Waals surface area (Å²) in [6, 6.07) is 1.21. The van der Waals surface area contributed by atoms with Gasteiger partial charge in [0.2, 0.25) is 0 Å².